The summed E-state index contributed by atoms with van der Waals surface area (Å²) in [4.78, 5) is 0. The van der Waals surface area contributed by atoms with Crippen molar-refractivity contribution in [3.63, 3.8) is 0 Å². The van der Waals surface area contributed by atoms with Gasteiger partial charge in [-0.1, -0.05) is 73.7 Å². The highest BCUT2D eigenvalue weighted by atomic mass is 127. The molecule has 1 heterocycles. The van der Waals surface area contributed by atoms with E-state index in [0.29, 0.717) is 19.6 Å². The van der Waals surface area contributed by atoms with Gasteiger partial charge in [0.25, 0.3) is 0 Å². The molecule has 0 aliphatic carbocycles. The molecule has 0 aromatic heterocycles. The summed E-state index contributed by atoms with van der Waals surface area (Å²) >= 11 is 2.25. The molecule has 7 heteroatoms. The lowest BCUT2D eigenvalue weighted by atomic mass is 9.91. The maximum atomic E-state index is 10.9. The Bertz CT molecular complexity index is 592. The average molecular weight is 522 g/mol. The van der Waals surface area contributed by atoms with Crippen LogP contribution in [-0.4, -0.2) is 54.2 Å². The van der Waals surface area contributed by atoms with Crippen LogP contribution in [-0.2, 0) is 20.5 Å². The highest BCUT2D eigenvalue weighted by Gasteiger charge is 2.46. The summed E-state index contributed by atoms with van der Waals surface area (Å²) in [6, 6.07) is 9.90. The lowest BCUT2D eigenvalue weighted by molar-refractivity contribution is -0.253. The standard InChI is InChI=1S/C21H35IO5Si/c1-21(2,3)28(4,5)26-14-17-18(22)19(24)16(11-12-23)20(27-17)25-13-15-9-7-6-8-10-15/h6-10,16-20,23-24H,11-14H2,1-5H3/t16-,17-,18+,19+,20+/m1/s1. The molecule has 1 aliphatic rings. The van der Waals surface area contributed by atoms with Gasteiger partial charge in [-0.05, 0) is 30.1 Å². The molecule has 28 heavy (non-hydrogen) atoms. The molecule has 0 amide bonds. The molecule has 0 unspecified atom stereocenters. The van der Waals surface area contributed by atoms with Crippen LogP contribution < -0.4 is 0 Å². The average Bonchev–Trinajstić information content (AvgIpc) is 2.64. The van der Waals surface area contributed by atoms with Gasteiger partial charge in [0.1, 0.15) is 0 Å². The number of hydrogen-bond acceptors (Lipinski definition) is 5. The van der Waals surface area contributed by atoms with Crippen molar-refractivity contribution in [3.05, 3.63) is 35.9 Å². The van der Waals surface area contributed by atoms with Crippen LogP contribution in [0.5, 0.6) is 0 Å². The fraction of sp³-hybridized carbons (Fsp3) is 0.714. The molecule has 5 nitrogen and oxygen atoms in total. The second-order valence-electron chi connectivity index (χ2n) is 9.02. The molecule has 1 aromatic carbocycles. The second-order valence-corrected chi connectivity index (χ2v) is 15.3. The summed E-state index contributed by atoms with van der Waals surface area (Å²) in [6.45, 7) is 11.9. The monoisotopic (exact) mass is 522 g/mol. The van der Waals surface area contributed by atoms with E-state index in [9.17, 15) is 10.2 Å². The van der Waals surface area contributed by atoms with Gasteiger partial charge in [-0.3, -0.25) is 0 Å². The first kappa shape index (κ1) is 24.2. The third kappa shape index (κ3) is 6.23. The molecule has 1 fully saturated rings. The molecule has 0 radical (unpaired) electrons. The van der Waals surface area contributed by atoms with E-state index < -0.39 is 20.7 Å². The van der Waals surface area contributed by atoms with Gasteiger partial charge in [-0.25, -0.2) is 0 Å². The predicted molar refractivity (Wildman–Crippen MR) is 122 cm³/mol. The van der Waals surface area contributed by atoms with Crippen molar-refractivity contribution in [2.75, 3.05) is 13.2 Å². The number of rotatable bonds is 8. The predicted octanol–water partition coefficient (Wildman–Crippen LogP) is 4.11. The zero-order chi connectivity index (χ0) is 20.9. The Labute approximate surface area is 184 Å². The maximum Gasteiger partial charge on any atom is 0.192 e. The summed E-state index contributed by atoms with van der Waals surface area (Å²) in [7, 11) is -1.91. The van der Waals surface area contributed by atoms with Crippen LogP contribution in [0.15, 0.2) is 30.3 Å². The maximum absolute atomic E-state index is 10.9. The third-order valence-electron chi connectivity index (χ3n) is 5.91. The molecule has 0 saturated carbocycles. The van der Waals surface area contributed by atoms with Crippen molar-refractivity contribution < 1.29 is 24.1 Å². The first-order valence-electron chi connectivity index (χ1n) is 9.95. The lowest BCUT2D eigenvalue weighted by Gasteiger charge is -2.44. The molecule has 1 aliphatic heterocycles. The zero-order valence-electron chi connectivity index (χ0n) is 17.6. The Morgan fingerprint density at radius 1 is 1.18 bits per heavy atom. The Morgan fingerprint density at radius 3 is 2.39 bits per heavy atom. The number of benzene rings is 1. The summed E-state index contributed by atoms with van der Waals surface area (Å²) in [6.07, 6.45) is -0.993. The van der Waals surface area contributed by atoms with Crippen molar-refractivity contribution >= 4 is 30.9 Å². The fourth-order valence-corrected chi connectivity index (χ4v) is 4.90. The summed E-state index contributed by atoms with van der Waals surface area (Å²) in [5, 5.41) is 20.4. The van der Waals surface area contributed by atoms with E-state index in [1.165, 1.54) is 0 Å². The quantitative estimate of drug-likeness (QED) is 0.306. The van der Waals surface area contributed by atoms with Crippen molar-refractivity contribution in [3.8, 4) is 0 Å². The van der Waals surface area contributed by atoms with Crippen molar-refractivity contribution in [2.24, 2.45) is 5.92 Å². The van der Waals surface area contributed by atoms with E-state index in [1.807, 2.05) is 30.3 Å². The normalized spacial score (nSPS) is 29.1. The van der Waals surface area contributed by atoms with Crippen LogP contribution in [0, 0.1) is 5.92 Å². The Kier molecular flexibility index (Phi) is 8.94. The Hall–Kier alpha value is -0.0331. The molecular weight excluding hydrogens is 487 g/mol. The smallest absolute Gasteiger partial charge is 0.192 e. The third-order valence-corrected chi connectivity index (χ3v) is 12.0. The zero-order valence-corrected chi connectivity index (χ0v) is 20.8. The molecule has 0 spiro atoms. The number of hydrogen-bond donors (Lipinski definition) is 2. The lowest BCUT2D eigenvalue weighted by Crippen LogP contribution is -2.55. The van der Waals surface area contributed by atoms with Crippen LogP contribution in [0.3, 0.4) is 0 Å². The van der Waals surface area contributed by atoms with Gasteiger partial charge >= 0.3 is 0 Å². The number of aliphatic hydroxyl groups is 2. The highest BCUT2D eigenvalue weighted by molar-refractivity contribution is 14.1. The first-order valence-corrected chi connectivity index (χ1v) is 14.1. The minimum atomic E-state index is -1.91. The molecule has 160 valence electrons. The van der Waals surface area contributed by atoms with Gasteiger partial charge in [-0.2, -0.15) is 0 Å². The Balaban J connectivity index is 2.06. The largest absolute Gasteiger partial charge is 0.414 e. The molecule has 2 rings (SSSR count). The van der Waals surface area contributed by atoms with Crippen LogP contribution in [0.25, 0.3) is 0 Å². The van der Waals surface area contributed by atoms with E-state index in [0.717, 1.165) is 5.56 Å². The van der Waals surface area contributed by atoms with Crippen LogP contribution in [0.2, 0.25) is 18.1 Å². The van der Waals surface area contributed by atoms with E-state index in [-0.39, 0.29) is 27.6 Å². The van der Waals surface area contributed by atoms with Crippen molar-refractivity contribution in [1.82, 2.24) is 0 Å². The van der Waals surface area contributed by atoms with Gasteiger partial charge in [0, 0.05) is 12.5 Å². The highest BCUT2D eigenvalue weighted by Crippen LogP contribution is 2.38. The SMILES string of the molecule is CC(C)(C)[Si](C)(C)OC[C@H]1O[C@H](OCc2ccccc2)[C@H](CCO)[C@H](O)[C@H]1I. The number of aliphatic hydroxyl groups excluding tert-OH is 2. The van der Waals surface area contributed by atoms with E-state index in [4.69, 9.17) is 13.9 Å². The topological polar surface area (TPSA) is 68.2 Å². The molecule has 2 N–H and O–H groups in total. The Morgan fingerprint density at radius 2 is 1.82 bits per heavy atom. The van der Waals surface area contributed by atoms with Crippen LogP contribution in [0.1, 0.15) is 32.8 Å². The molecular formula is C21H35IO5Si. The minimum absolute atomic E-state index is 0.00915. The number of halogens is 1. The molecule has 5 atom stereocenters. The van der Waals surface area contributed by atoms with E-state index >= 15 is 0 Å². The van der Waals surface area contributed by atoms with Gasteiger partial charge in [0.15, 0.2) is 14.6 Å². The first-order chi connectivity index (χ1) is 13.1. The van der Waals surface area contributed by atoms with Crippen LogP contribution in [0.4, 0.5) is 0 Å². The van der Waals surface area contributed by atoms with Gasteiger partial charge in [0.05, 0.1) is 29.3 Å². The minimum Gasteiger partial charge on any atom is -0.414 e. The summed E-state index contributed by atoms with van der Waals surface area (Å²) in [5.41, 5.74) is 1.05. The van der Waals surface area contributed by atoms with Gasteiger partial charge < -0.3 is 24.1 Å². The van der Waals surface area contributed by atoms with Crippen molar-refractivity contribution in [2.45, 2.75) is 74.4 Å². The number of ether oxygens (including phenoxy) is 2. The van der Waals surface area contributed by atoms with Crippen molar-refractivity contribution in [1.29, 1.82) is 0 Å². The second kappa shape index (κ2) is 10.3. The van der Waals surface area contributed by atoms with E-state index in [2.05, 4.69) is 56.5 Å². The molecule has 1 aromatic rings. The van der Waals surface area contributed by atoms with Gasteiger partial charge in [0.2, 0.25) is 0 Å². The summed E-state index contributed by atoms with van der Waals surface area (Å²) < 4.78 is 18.5. The fourth-order valence-electron chi connectivity index (χ4n) is 2.97. The van der Waals surface area contributed by atoms with Crippen LogP contribution >= 0.6 is 22.6 Å². The van der Waals surface area contributed by atoms with E-state index in [1.54, 1.807) is 0 Å². The molecule has 0 bridgehead atoms. The summed E-state index contributed by atoms with van der Waals surface area (Å²) in [5.74, 6) is -0.264. The van der Waals surface area contributed by atoms with Gasteiger partial charge in [-0.15, -0.1) is 0 Å². The number of alkyl halides is 1. The molecule has 1 saturated heterocycles.